The van der Waals surface area contributed by atoms with Crippen molar-refractivity contribution in [2.45, 2.75) is 25.9 Å². The van der Waals surface area contributed by atoms with E-state index >= 15 is 0 Å². The standard InChI is InChI=1S/C10H19NO5/c1-8(15-2)3-4-9(12)11-5-6-16-7-10(13)14/h8H,3-7H2,1-2H3,(H,11,12)(H,13,14). The lowest BCUT2D eigenvalue weighted by Gasteiger charge is -2.09. The lowest BCUT2D eigenvalue weighted by atomic mass is 10.2. The van der Waals surface area contributed by atoms with E-state index in [1.165, 1.54) is 0 Å². The largest absolute Gasteiger partial charge is 0.480 e. The van der Waals surface area contributed by atoms with E-state index in [0.29, 0.717) is 19.4 Å². The average Bonchev–Trinajstić information content (AvgIpc) is 2.24. The van der Waals surface area contributed by atoms with Gasteiger partial charge in [0.15, 0.2) is 0 Å². The number of aliphatic carboxylic acids is 1. The van der Waals surface area contributed by atoms with E-state index in [4.69, 9.17) is 14.6 Å². The van der Waals surface area contributed by atoms with Gasteiger partial charge in [-0.2, -0.15) is 0 Å². The molecule has 0 heterocycles. The van der Waals surface area contributed by atoms with Gasteiger partial charge in [-0.25, -0.2) is 4.79 Å². The Labute approximate surface area is 94.9 Å². The molecule has 0 radical (unpaired) electrons. The average molecular weight is 233 g/mol. The monoisotopic (exact) mass is 233 g/mol. The second-order valence-corrected chi connectivity index (χ2v) is 3.38. The Hall–Kier alpha value is -1.14. The first-order chi connectivity index (χ1) is 7.56. The van der Waals surface area contributed by atoms with Crippen molar-refractivity contribution in [2.24, 2.45) is 0 Å². The minimum Gasteiger partial charge on any atom is -0.480 e. The van der Waals surface area contributed by atoms with Gasteiger partial charge in [-0.05, 0) is 13.3 Å². The summed E-state index contributed by atoms with van der Waals surface area (Å²) in [6.07, 6.45) is 1.13. The van der Waals surface area contributed by atoms with Gasteiger partial charge >= 0.3 is 5.97 Å². The second-order valence-electron chi connectivity index (χ2n) is 3.38. The minimum atomic E-state index is -1.01. The van der Waals surface area contributed by atoms with E-state index in [1.54, 1.807) is 7.11 Å². The number of carboxylic acids is 1. The number of carboxylic acid groups (broad SMARTS) is 1. The summed E-state index contributed by atoms with van der Waals surface area (Å²) in [6.45, 7) is 2.09. The van der Waals surface area contributed by atoms with Crippen LogP contribution in [0.3, 0.4) is 0 Å². The summed E-state index contributed by atoms with van der Waals surface area (Å²) in [4.78, 5) is 21.3. The Balaban J connectivity index is 3.33. The molecule has 6 heteroatoms. The fourth-order valence-electron chi connectivity index (χ4n) is 0.963. The van der Waals surface area contributed by atoms with Crippen molar-refractivity contribution < 1.29 is 24.2 Å². The zero-order chi connectivity index (χ0) is 12.4. The summed E-state index contributed by atoms with van der Waals surface area (Å²) < 4.78 is 9.75. The number of carbonyl (C=O) groups is 2. The van der Waals surface area contributed by atoms with Crippen molar-refractivity contribution in [3.8, 4) is 0 Å². The lowest BCUT2D eigenvalue weighted by Crippen LogP contribution is -2.28. The van der Waals surface area contributed by atoms with Crippen LogP contribution in [0.5, 0.6) is 0 Å². The van der Waals surface area contributed by atoms with Gasteiger partial charge in [0.25, 0.3) is 0 Å². The van der Waals surface area contributed by atoms with Crippen LogP contribution in [0.2, 0.25) is 0 Å². The summed E-state index contributed by atoms with van der Waals surface area (Å²) in [6, 6.07) is 0. The maximum atomic E-state index is 11.2. The molecular formula is C10H19NO5. The van der Waals surface area contributed by atoms with Gasteiger partial charge in [-0.3, -0.25) is 4.79 Å². The molecule has 0 aromatic heterocycles. The molecule has 0 saturated heterocycles. The zero-order valence-electron chi connectivity index (χ0n) is 9.69. The van der Waals surface area contributed by atoms with Crippen molar-refractivity contribution in [1.29, 1.82) is 0 Å². The fraction of sp³-hybridized carbons (Fsp3) is 0.800. The third kappa shape index (κ3) is 9.42. The maximum absolute atomic E-state index is 11.2. The van der Waals surface area contributed by atoms with Crippen LogP contribution in [0.25, 0.3) is 0 Å². The Morgan fingerprint density at radius 2 is 2.12 bits per heavy atom. The van der Waals surface area contributed by atoms with Crippen molar-refractivity contribution in [1.82, 2.24) is 5.32 Å². The van der Waals surface area contributed by atoms with Crippen LogP contribution in [0, 0.1) is 0 Å². The van der Waals surface area contributed by atoms with Crippen molar-refractivity contribution in [2.75, 3.05) is 26.9 Å². The predicted molar refractivity (Wildman–Crippen MR) is 57.2 cm³/mol. The molecular weight excluding hydrogens is 214 g/mol. The normalized spacial score (nSPS) is 12.1. The first-order valence-electron chi connectivity index (χ1n) is 5.15. The van der Waals surface area contributed by atoms with Gasteiger partial charge in [-0.1, -0.05) is 0 Å². The van der Waals surface area contributed by atoms with E-state index in [-0.39, 0.29) is 25.2 Å². The van der Waals surface area contributed by atoms with E-state index in [2.05, 4.69) is 5.32 Å². The molecule has 1 unspecified atom stereocenters. The minimum absolute atomic E-state index is 0.0639. The van der Waals surface area contributed by atoms with Gasteiger partial charge in [0.05, 0.1) is 12.7 Å². The molecule has 0 bridgehead atoms. The van der Waals surface area contributed by atoms with E-state index < -0.39 is 5.97 Å². The van der Waals surface area contributed by atoms with Gasteiger partial charge in [0, 0.05) is 20.1 Å². The lowest BCUT2D eigenvalue weighted by molar-refractivity contribution is -0.142. The Bertz CT molecular complexity index is 219. The van der Waals surface area contributed by atoms with Gasteiger partial charge in [0.1, 0.15) is 6.61 Å². The van der Waals surface area contributed by atoms with Crippen LogP contribution in [-0.4, -0.2) is 50.0 Å². The molecule has 0 aromatic rings. The van der Waals surface area contributed by atoms with Crippen LogP contribution < -0.4 is 5.32 Å². The third-order valence-corrected chi connectivity index (χ3v) is 1.97. The highest BCUT2D eigenvalue weighted by Crippen LogP contribution is 1.99. The van der Waals surface area contributed by atoms with Crippen molar-refractivity contribution in [3.63, 3.8) is 0 Å². The molecule has 1 amide bonds. The van der Waals surface area contributed by atoms with Crippen LogP contribution in [-0.2, 0) is 19.1 Å². The second kappa shape index (κ2) is 9.11. The van der Waals surface area contributed by atoms with Crippen LogP contribution in [0.4, 0.5) is 0 Å². The highest BCUT2D eigenvalue weighted by molar-refractivity contribution is 5.75. The first-order valence-corrected chi connectivity index (χ1v) is 5.15. The number of methoxy groups -OCH3 is 1. The number of carbonyl (C=O) groups excluding carboxylic acids is 1. The number of rotatable bonds is 9. The number of nitrogens with one attached hydrogen (secondary N) is 1. The fourth-order valence-corrected chi connectivity index (χ4v) is 0.963. The number of hydrogen-bond donors (Lipinski definition) is 2. The summed E-state index contributed by atoms with van der Waals surface area (Å²) >= 11 is 0. The number of ether oxygens (including phenoxy) is 2. The van der Waals surface area contributed by atoms with E-state index in [1.807, 2.05) is 6.92 Å². The Morgan fingerprint density at radius 3 is 2.69 bits per heavy atom. The third-order valence-electron chi connectivity index (χ3n) is 1.97. The van der Waals surface area contributed by atoms with Crippen molar-refractivity contribution in [3.05, 3.63) is 0 Å². The molecule has 0 rings (SSSR count). The maximum Gasteiger partial charge on any atom is 0.329 e. The summed E-state index contributed by atoms with van der Waals surface area (Å²) in [7, 11) is 1.60. The Morgan fingerprint density at radius 1 is 1.44 bits per heavy atom. The Kier molecular flexibility index (Phi) is 8.46. The molecule has 94 valence electrons. The summed E-state index contributed by atoms with van der Waals surface area (Å²) in [5, 5.41) is 10.9. The molecule has 0 fully saturated rings. The molecule has 6 nitrogen and oxygen atoms in total. The molecule has 0 aliphatic heterocycles. The molecule has 2 N–H and O–H groups in total. The highest BCUT2D eigenvalue weighted by atomic mass is 16.5. The van der Waals surface area contributed by atoms with Gasteiger partial charge < -0.3 is 19.9 Å². The SMILES string of the molecule is COC(C)CCC(=O)NCCOCC(=O)O. The van der Waals surface area contributed by atoms with E-state index in [0.717, 1.165) is 0 Å². The van der Waals surface area contributed by atoms with Crippen LogP contribution in [0.15, 0.2) is 0 Å². The van der Waals surface area contributed by atoms with Crippen molar-refractivity contribution >= 4 is 11.9 Å². The topological polar surface area (TPSA) is 84.9 Å². The summed E-state index contributed by atoms with van der Waals surface area (Å²) in [5.41, 5.74) is 0. The molecule has 0 saturated carbocycles. The first kappa shape index (κ1) is 14.9. The molecule has 1 atom stereocenters. The smallest absolute Gasteiger partial charge is 0.329 e. The quantitative estimate of drug-likeness (QED) is 0.548. The van der Waals surface area contributed by atoms with Gasteiger partial charge in [0.2, 0.25) is 5.91 Å². The molecule has 0 spiro atoms. The van der Waals surface area contributed by atoms with Crippen LogP contribution >= 0.6 is 0 Å². The van der Waals surface area contributed by atoms with Crippen LogP contribution in [0.1, 0.15) is 19.8 Å². The molecule has 0 aliphatic carbocycles. The van der Waals surface area contributed by atoms with E-state index in [9.17, 15) is 9.59 Å². The zero-order valence-corrected chi connectivity index (χ0v) is 9.69. The highest BCUT2D eigenvalue weighted by Gasteiger charge is 2.05. The number of hydrogen-bond acceptors (Lipinski definition) is 4. The molecule has 0 aliphatic rings. The summed E-state index contributed by atoms with van der Waals surface area (Å²) in [5.74, 6) is -1.09. The predicted octanol–water partition coefficient (Wildman–Crippen LogP) is 0.0189. The molecule has 16 heavy (non-hydrogen) atoms. The van der Waals surface area contributed by atoms with Gasteiger partial charge in [-0.15, -0.1) is 0 Å². The number of amides is 1. The molecule has 0 aromatic carbocycles.